The van der Waals surface area contributed by atoms with Gasteiger partial charge in [-0.3, -0.25) is 0 Å². The van der Waals surface area contributed by atoms with Crippen LogP contribution in [0.25, 0.3) is 0 Å². The first kappa shape index (κ1) is 14.6. The van der Waals surface area contributed by atoms with Crippen LogP contribution in [-0.2, 0) is 4.74 Å². The summed E-state index contributed by atoms with van der Waals surface area (Å²) in [6, 6.07) is 7.91. The second kappa shape index (κ2) is 7.13. The smallest absolute Gasteiger partial charge is 0.128 e. The van der Waals surface area contributed by atoms with E-state index in [0.717, 1.165) is 36.8 Å². The van der Waals surface area contributed by atoms with E-state index in [-0.39, 0.29) is 12.2 Å². The van der Waals surface area contributed by atoms with Crippen LogP contribution >= 0.6 is 11.6 Å². The number of rotatable bonds is 7. The molecule has 0 radical (unpaired) electrons. The van der Waals surface area contributed by atoms with Crippen LogP contribution in [0, 0.1) is 0 Å². The number of hydrogen-bond acceptors (Lipinski definition) is 3. The van der Waals surface area contributed by atoms with Crippen molar-refractivity contribution in [3.8, 4) is 5.75 Å². The summed E-state index contributed by atoms with van der Waals surface area (Å²) in [5.74, 6) is 0.855. The number of hydrogen-bond donors (Lipinski definition) is 1. The highest BCUT2D eigenvalue weighted by molar-refractivity contribution is 6.30. The van der Waals surface area contributed by atoms with Crippen molar-refractivity contribution in [2.45, 2.75) is 44.9 Å². The summed E-state index contributed by atoms with van der Waals surface area (Å²) in [5, 5.41) is 4.23. The van der Waals surface area contributed by atoms with Gasteiger partial charge in [-0.05, 0) is 44.2 Å². The quantitative estimate of drug-likeness (QED) is 0.833. The Morgan fingerprint density at radius 3 is 2.63 bits per heavy atom. The molecule has 0 bridgehead atoms. The van der Waals surface area contributed by atoms with Crippen LogP contribution in [0.4, 0.5) is 0 Å². The molecule has 0 heterocycles. The lowest BCUT2D eigenvalue weighted by atomic mass is 9.85. The highest BCUT2D eigenvalue weighted by Gasteiger charge is 2.43. The lowest BCUT2D eigenvalue weighted by Gasteiger charge is -2.44. The van der Waals surface area contributed by atoms with Gasteiger partial charge in [-0.15, -0.1) is 0 Å². The van der Waals surface area contributed by atoms with E-state index in [1.807, 2.05) is 31.2 Å². The van der Waals surface area contributed by atoms with E-state index in [4.69, 9.17) is 21.1 Å². The van der Waals surface area contributed by atoms with Crippen LogP contribution in [0.5, 0.6) is 5.75 Å². The molecule has 4 heteroatoms. The van der Waals surface area contributed by atoms with Gasteiger partial charge in [0.2, 0.25) is 0 Å². The summed E-state index contributed by atoms with van der Waals surface area (Å²) in [5.41, 5.74) is 0. The van der Waals surface area contributed by atoms with Crippen molar-refractivity contribution in [1.82, 2.24) is 5.32 Å². The molecule has 1 fully saturated rings. The largest absolute Gasteiger partial charge is 0.488 e. The Balaban J connectivity index is 1.88. The molecule has 1 aromatic carbocycles. The minimum Gasteiger partial charge on any atom is -0.488 e. The standard InChI is InChI=1S/C15H22ClNO2/c1-3-9-17-13-10-14(15(13)18-4-2)19-12-7-5-11(16)6-8-12/h5-8,13-15,17H,3-4,9-10H2,1-2H3. The number of halogens is 1. The summed E-state index contributed by atoms with van der Waals surface area (Å²) in [7, 11) is 0. The van der Waals surface area contributed by atoms with Crippen LogP contribution in [0.15, 0.2) is 24.3 Å². The normalized spacial score (nSPS) is 25.9. The first-order valence-corrected chi connectivity index (χ1v) is 7.39. The molecule has 19 heavy (non-hydrogen) atoms. The van der Waals surface area contributed by atoms with E-state index < -0.39 is 0 Å². The molecule has 1 aliphatic rings. The van der Waals surface area contributed by atoms with Crippen molar-refractivity contribution in [3.63, 3.8) is 0 Å². The third-order valence-electron chi connectivity index (χ3n) is 3.37. The van der Waals surface area contributed by atoms with E-state index in [1.165, 1.54) is 0 Å². The molecule has 1 aromatic rings. The Hall–Kier alpha value is -0.770. The number of ether oxygens (including phenoxy) is 2. The molecule has 0 aliphatic heterocycles. The zero-order valence-electron chi connectivity index (χ0n) is 11.6. The van der Waals surface area contributed by atoms with Crippen LogP contribution in [-0.4, -0.2) is 31.4 Å². The van der Waals surface area contributed by atoms with E-state index in [2.05, 4.69) is 12.2 Å². The van der Waals surface area contributed by atoms with E-state index in [1.54, 1.807) is 0 Å². The average molecular weight is 284 g/mol. The first-order chi connectivity index (χ1) is 9.24. The van der Waals surface area contributed by atoms with Gasteiger partial charge < -0.3 is 14.8 Å². The fourth-order valence-electron chi connectivity index (χ4n) is 2.33. The Morgan fingerprint density at radius 1 is 1.26 bits per heavy atom. The summed E-state index contributed by atoms with van der Waals surface area (Å²) in [6.07, 6.45) is 2.41. The Labute approximate surface area is 120 Å². The third-order valence-corrected chi connectivity index (χ3v) is 3.62. The highest BCUT2D eigenvalue weighted by Crippen LogP contribution is 2.29. The second-order valence-corrected chi connectivity index (χ2v) is 5.26. The molecular weight excluding hydrogens is 262 g/mol. The molecule has 0 amide bonds. The lowest BCUT2D eigenvalue weighted by molar-refractivity contribution is -0.104. The molecule has 0 aromatic heterocycles. The molecule has 106 valence electrons. The van der Waals surface area contributed by atoms with Crippen molar-refractivity contribution in [2.24, 2.45) is 0 Å². The molecule has 0 saturated heterocycles. The maximum Gasteiger partial charge on any atom is 0.128 e. The second-order valence-electron chi connectivity index (χ2n) is 4.83. The predicted molar refractivity (Wildman–Crippen MR) is 78.0 cm³/mol. The molecule has 3 unspecified atom stereocenters. The maximum atomic E-state index is 5.96. The van der Waals surface area contributed by atoms with E-state index in [0.29, 0.717) is 6.04 Å². The van der Waals surface area contributed by atoms with Crippen LogP contribution in [0.2, 0.25) is 5.02 Å². The highest BCUT2D eigenvalue weighted by atomic mass is 35.5. The summed E-state index contributed by atoms with van der Waals surface area (Å²) < 4.78 is 11.7. The average Bonchev–Trinajstić information content (AvgIpc) is 2.41. The Kier molecular flexibility index (Phi) is 5.49. The Bertz CT molecular complexity index is 382. The fraction of sp³-hybridized carbons (Fsp3) is 0.600. The van der Waals surface area contributed by atoms with Crippen molar-refractivity contribution >= 4 is 11.6 Å². The van der Waals surface area contributed by atoms with Gasteiger partial charge in [-0.1, -0.05) is 18.5 Å². The van der Waals surface area contributed by atoms with Crippen LogP contribution < -0.4 is 10.1 Å². The molecule has 1 saturated carbocycles. The maximum absolute atomic E-state index is 5.96. The van der Waals surface area contributed by atoms with Gasteiger partial charge in [0.15, 0.2) is 0 Å². The number of benzene rings is 1. The van der Waals surface area contributed by atoms with Gasteiger partial charge >= 0.3 is 0 Å². The molecule has 1 N–H and O–H groups in total. The first-order valence-electron chi connectivity index (χ1n) is 7.01. The fourth-order valence-corrected chi connectivity index (χ4v) is 2.46. The van der Waals surface area contributed by atoms with Crippen molar-refractivity contribution in [3.05, 3.63) is 29.3 Å². The van der Waals surface area contributed by atoms with Crippen molar-refractivity contribution in [2.75, 3.05) is 13.2 Å². The van der Waals surface area contributed by atoms with E-state index in [9.17, 15) is 0 Å². The lowest BCUT2D eigenvalue weighted by Crippen LogP contribution is -2.61. The van der Waals surface area contributed by atoms with E-state index >= 15 is 0 Å². The topological polar surface area (TPSA) is 30.5 Å². The third kappa shape index (κ3) is 3.85. The molecule has 0 spiro atoms. The van der Waals surface area contributed by atoms with Crippen molar-refractivity contribution in [1.29, 1.82) is 0 Å². The van der Waals surface area contributed by atoms with Crippen LogP contribution in [0.1, 0.15) is 26.7 Å². The van der Waals surface area contributed by atoms with Crippen molar-refractivity contribution < 1.29 is 9.47 Å². The predicted octanol–water partition coefficient (Wildman–Crippen LogP) is 3.26. The summed E-state index contributed by atoms with van der Waals surface area (Å²) in [6.45, 7) is 5.94. The van der Waals surface area contributed by atoms with Gasteiger partial charge in [-0.25, -0.2) is 0 Å². The minimum absolute atomic E-state index is 0.135. The molecule has 3 nitrogen and oxygen atoms in total. The monoisotopic (exact) mass is 283 g/mol. The van der Waals surface area contributed by atoms with Gasteiger partial charge in [-0.2, -0.15) is 0 Å². The molecule has 1 aliphatic carbocycles. The zero-order chi connectivity index (χ0) is 13.7. The summed E-state index contributed by atoms with van der Waals surface area (Å²) in [4.78, 5) is 0. The van der Waals surface area contributed by atoms with Crippen LogP contribution in [0.3, 0.4) is 0 Å². The zero-order valence-corrected chi connectivity index (χ0v) is 12.3. The van der Waals surface area contributed by atoms with Gasteiger partial charge in [0.1, 0.15) is 18.0 Å². The van der Waals surface area contributed by atoms with Gasteiger partial charge in [0.05, 0.1) is 0 Å². The minimum atomic E-state index is 0.135. The van der Waals surface area contributed by atoms with Gasteiger partial charge in [0.25, 0.3) is 0 Å². The Morgan fingerprint density at radius 2 is 2.00 bits per heavy atom. The number of nitrogens with one attached hydrogen (secondary N) is 1. The molecule has 3 atom stereocenters. The van der Waals surface area contributed by atoms with Gasteiger partial charge in [0, 0.05) is 24.1 Å². The SMILES string of the molecule is CCCNC1CC(Oc2ccc(Cl)cc2)C1OCC. The summed E-state index contributed by atoms with van der Waals surface area (Å²) >= 11 is 5.86. The molecular formula is C15H22ClNO2. The molecule has 2 rings (SSSR count).